The van der Waals surface area contributed by atoms with Crippen molar-refractivity contribution in [1.29, 1.82) is 0 Å². The lowest BCUT2D eigenvalue weighted by atomic mass is 10.2. The van der Waals surface area contributed by atoms with E-state index in [1.165, 1.54) is 0 Å². The molecule has 0 heterocycles. The summed E-state index contributed by atoms with van der Waals surface area (Å²) in [6, 6.07) is 5.37. The van der Waals surface area contributed by atoms with Crippen LogP contribution < -0.4 is 10.2 Å². The average molecular weight is 290 g/mol. The molecule has 0 aliphatic rings. The second-order valence-electron chi connectivity index (χ2n) is 4.07. The molecule has 0 bridgehead atoms. The van der Waals surface area contributed by atoms with Crippen LogP contribution in [0.1, 0.15) is 5.56 Å². The van der Waals surface area contributed by atoms with Crippen LogP contribution in [0.4, 0.5) is 0 Å². The zero-order valence-corrected chi connectivity index (χ0v) is 11.9. The summed E-state index contributed by atoms with van der Waals surface area (Å²) in [6.07, 6.45) is -0.654. The van der Waals surface area contributed by atoms with Crippen molar-refractivity contribution in [3.63, 3.8) is 0 Å². The fourth-order valence-corrected chi connectivity index (χ4v) is 1.43. The van der Waals surface area contributed by atoms with Gasteiger partial charge in [-0.3, -0.25) is 4.84 Å². The van der Waals surface area contributed by atoms with E-state index in [9.17, 15) is 5.11 Å². The summed E-state index contributed by atoms with van der Waals surface area (Å²) in [4.78, 5) is 5.02. The van der Waals surface area contributed by atoms with Crippen molar-refractivity contribution in [3.05, 3.63) is 28.8 Å². The van der Waals surface area contributed by atoms with Crippen molar-refractivity contribution in [2.75, 3.05) is 33.5 Å². The third-order valence-corrected chi connectivity index (χ3v) is 2.81. The normalized spacial score (nSPS) is 12.4. The van der Waals surface area contributed by atoms with Gasteiger partial charge < -0.3 is 14.6 Å². The zero-order valence-electron chi connectivity index (χ0n) is 11.2. The van der Waals surface area contributed by atoms with Crippen LogP contribution in [0.2, 0.25) is 5.02 Å². The second kappa shape index (κ2) is 9.12. The van der Waals surface area contributed by atoms with Gasteiger partial charge in [-0.25, -0.2) is 0 Å². The SMILES string of the molecule is COCCONCC(O)COc1ccc(Cl)c(C)c1. The first-order chi connectivity index (χ1) is 9.13. The van der Waals surface area contributed by atoms with E-state index in [1.54, 1.807) is 19.2 Å². The van der Waals surface area contributed by atoms with Crippen LogP contribution in [-0.4, -0.2) is 44.7 Å². The molecule has 0 aliphatic carbocycles. The number of aliphatic hydroxyl groups excluding tert-OH is 1. The minimum Gasteiger partial charge on any atom is -0.491 e. The zero-order chi connectivity index (χ0) is 14.1. The summed E-state index contributed by atoms with van der Waals surface area (Å²) in [7, 11) is 1.60. The number of hydrogen-bond acceptors (Lipinski definition) is 5. The Kier molecular flexibility index (Phi) is 7.78. The third kappa shape index (κ3) is 6.75. The van der Waals surface area contributed by atoms with Gasteiger partial charge in [-0.15, -0.1) is 0 Å². The maximum atomic E-state index is 9.67. The van der Waals surface area contributed by atoms with Crippen molar-refractivity contribution in [2.24, 2.45) is 0 Å². The molecular weight excluding hydrogens is 270 g/mol. The van der Waals surface area contributed by atoms with Crippen LogP contribution in [0.25, 0.3) is 0 Å². The van der Waals surface area contributed by atoms with Gasteiger partial charge in [0.2, 0.25) is 0 Å². The summed E-state index contributed by atoms with van der Waals surface area (Å²) >= 11 is 5.91. The minimum absolute atomic E-state index is 0.182. The number of halogens is 1. The Labute approximate surface area is 118 Å². The van der Waals surface area contributed by atoms with Crippen molar-refractivity contribution < 1.29 is 19.4 Å². The molecule has 6 heteroatoms. The van der Waals surface area contributed by atoms with Gasteiger partial charge in [0.25, 0.3) is 0 Å². The Morgan fingerprint density at radius 3 is 2.84 bits per heavy atom. The van der Waals surface area contributed by atoms with E-state index in [4.69, 9.17) is 25.9 Å². The Morgan fingerprint density at radius 1 is 1.37 bits per heavy atom. The summed E-state index contributed by atoms with van der Waals surface area (Å²) in [6.45, 7) is 3.30. The Balaban J connectivity index is 2.18. The molecule has 1 atom stereocenters. The largest absolute Gasteiger partial charge is 0.491 e. The highest BCUT2D eigenvalue weighted by Gasteiger charge is 2.06. The number of aryl methyl sites for hydroxylation is 1. The molecule has 0 saturated heterocycles. The van der Waals surface area contributed by atoms with Gasteiger partial charge >= 0.3 is 0 Å². The summed E-state index contributed by atoms with van der Waals surface area (Å²) in [5, 5.41) is 10.4. The summed E-state index contributed by atoms with van der Waals surface area (Å²) < 4.78 is 10.3. The van der Waals surface area contributed by atoms with Gasteiger partial charge in [-0.1, -0.05) is 11.6 Å². The van der Waals surface area contributed by atoms with E-state index < -0.39 is 6.10 Å². The van der Waals surface area contributed by atoms with E-state index in [1.807, 2.05) is 13.0 Å². The van der Waals surface area contributed by atoms with E-state index in [0.717, 1.165) is 5.56 Å². The average Bonchev–Trinajstić information content (AvgIpc) is 2.40. The van der Waals surface area contributed by atoms with Crippen molar-refractivity contribution >= 4 is 11.6 Å². The van der Waals surface area contributed by atoms with E-state index in [2.05, 4.69) is 5.48 Å². The smallest absolute Gasteiger partial charge is 0.119 e. The quantitative estimate of drug-likeness (QED) is 0.534. The molecule has 0 spiro atoms. The second-order valence-corrected chi connectivity index (χ2v) is 4.47. The van der Waals surface area contributed by atoms with Crippen LogP contribution in [0.5, 0.6) is 5.75 Å². The first-order valence-electron chi connectivity index (χ1n) is 6.04. The van der Waals surface area contributed by atoms with E-state index in [-0.39, 0.29) is 13.2 Å². The monoisotopic (exact) mass is 289 g/mol. The number of hydroxylamine groups is 1. The van der Waals surface area contributed by atoms with Crippen LogP contribution in [0.15, 0.2) is 18.2 Å². The molecule has 0 aromatic heterocycles. The fourth-order valence-electron chi connectivity index (χ4n) is 1.31. The topological polar surface area (TPSA) is 60.0 Å². The molecule has 0 radical (unpaired) electrons. The number of rotatable bonds is 9. The number of aliphatic hydroxyl groups is 1. The molecule has 1 rings (SSSR count). The highest BCUT2D eigenvalue weighted by Crippen LogP contribution is 2.20. The minimum atomic E-state index is -0.654. The lowest BCUT2D eigenvalue weighted by molar-refractivity contribution is -0.0173. The molecule has 1 unspecified atom stereocenters. The molecule has 2 N–H and O–H groups in total. The highest BCUT2D eigenvalue weighted by molar-refractivity contribution is 6.31. The van der Waals surface area contributed by atoms with Gasteiger partial charge in [0.15, 0.2) is 0 Å². The van der Waals surface area contributed by atoms with Crippen molar-refractivity contribution in [3.8, 4) is 5.75 Å². The van der Waals surface area contributed by atoms with Gasteiger partial charge in [0.1, 0.15) is 18.5 Å². The maximum Gasteiger partial charge on any atom is 0.119 e. The van der Waals surface area contributed by atoms with Crippen LogP contribution in [-0.2, 0) is 9.57 Å². The summed E-state index contributed by atoms with van der Waals surface area (Å²) in [5.41, 5.74) is 3.59. The standard InChI is InChI=1S/C13H20ClNO4/c1-10-7-12(3-4-13(10)14)18-9-11(16)8-15-19-6-5-17-2/h3-4,7,11,15-16H,5-6,8-9H2,1-2H3. The predicted molar refractivity (Wildman–Crippen MR) is 73.5 cm³/mol. The molecule has 5 nitrogen and oxygen atoms in total. The maximum absolute atomic E-state index is 9.67. The Bertz CT molecular complexity index is 376. The number of methoxy groups -OCH3 is 1. The van der Waals surface area contributed by atoms with Crippen LogP contribution in [0, 0.1) is 6.92 Å². The van der Waals surface area contributed by atoms with Gasteiger partial charge in [-0.05, 0) is 30.7 Å². The van der Waals surface area contributed by atoms with E-state index >= 15 is 0 Å². The first-order valence-corrected chi connectivity index (χ1v) is 6.42. The first kappa shape index (κ1) is 16.2. The molecular formula is C13H20ClNO4. The summed E-state index contributed by atoms with van der Waals surface area (Å²) in [5.74, 6) is 0.682. The number of nitrogens with one attached hydrogen (secondary N) is 1. The van der Waals surface area contributed by atoms with Crippen molar-refractivity contribution in [1.82, 2.24) is 5.48 Å². The van der Waals surface area contributed by atoms with Crippen molar-refractivity contribution in [2.45, 2.75) is 13.0 Å². The fraction of sp³-hybridized carbons (Fsp3) is 0.538. The molecule has 108 valence electrons. The van der Waals surface area contributed by atoms with Crippen LogP contribution >= 0.6 is 11.6 Å². The van der Waals surface area contributed by atoms with Gasteiger partial charge in [0, 0.05) is 12.1 Å². The predicted octanol–water partition coefficient (Wildman–Crippen LogP) is 1.56. The molecule has 0 saturated carbocycles. The molecule has 0 aliphatic heterocycles. The van der Waals surface area contributed by atoms with Crippen LogP contribution in [0.3, 0.4) is 0 Å². The molecule has 0 amide bonds. The number of benzene rings is 1. The molecule has 19 heavy (non-hydrogen) atoms. The molecule has 1 aromatic rings. The Hall–Kier alpha value is -0.850. The van der Waals surface area contributed by atoms with Gasteiger partial charge in [0.05, 0.1) is 19.8 Å². The highest BCUT2D eigenvalue weighted by atomic mass is 35.5. The Morgan fingerprint density at radius 2 is 2.16 bits per heavy atom. The number of ether oxygens (including phenoxy) is 2. The van der Waals surface area contributed by atoms with E-state index in [0.29, 0.717) is 24.0 Å². The number of hydrogen-bond donors (Lipinski definition) is 2. The lowest BCUT2D eigenvalue weighted by Crippen LogP contribution is -2.32. The lowest BCUT2D eigenvalue weighted by Gasteiger charge is -2.13. The molecule has 1 aromatic carbocycles. The van der Waals surface area contributed by atoms with Gasteiger partial charge in [-0.2, -0.15) is 5.48 Å². The molecule has 0 fully saturated rings. The third-order valence-electron chi connectivity index (χ3n) is 2.38.